The minimum Gasteiger partial charge on any atom is -0.394 e. The van der Waals surface area contributed by atoms with E-state index in [0.717, 1.165) is 12.8 Å². The van der Waals surface area contributed by atoms with Crippen molar-refractivity contribution in [3.63, 3.8) is 0 Å². The molecule has 0 aliphatic heterocycles. The molecule has 1 rings (SSSR count). The summed E-state index contributed by atoms with van der Waals surface area (Å²) in [6.07, 6.45) is 3.29. The van der Waals surface area contributed by atoms with Crippen LogP contribution < -0.4 is 10.6 Å². The fourth-order valence-corrected chi connectivity index (χ4v) is 2.37. The normalized spacial score (nSPS) is 13.2. The molecule has 2 atom stereocenters. The molecular formula is C18H28N2O3. The predicted octanol–water partition coefficient (Wildman–Crippen LogP) is 2.95. The Morgan fingerprint density at radius 2 is 1.83 bits per heavy atom. The van der Waals surface area contributed by atoms with Crippen LogP contribution in [0.4, 0.5) is 5.69 Å². The second kappa shape index (κ2) is 10.0. The number of carbonyl (C=O) groups is 2. The van der Waals surface area contributed by atoms with E-state index >= 15 is 0 Å². The van der Waals surface area contributed by atoms with Gasteiger partial charge in [-0.25, -0.2) is 0 Å². The van der Waals surface area contributed by atoms with Crippen LogP contribution in [0.5, 0.6) is 0 Å². The summed E-state index contributed by atoms with van der Waals surface area (Å²) in [5.41, 5.74) is 1.19. The van der Waals surface area contributed by atoms with Crippen molar-refractivity contribution in [2.75, 3.05) is 11.9 Å². The lowest BCUT2D eigenvalue weighted by Gasteiger charge is -2.14. The van der Waals surface area contributed by atoms with E-state index in [1.165, 1.54) is 0 Å². The van der Waals surface area contributed by atoms with Gasteiger partial charge in [-0.15, -0.1) is 0 Å². The Bertz CT molecular complexity index is 495. The molecule has 0 aliphatic carbocycles. The van der Waals surface area contributed by atoms with Gasteiger partial charge >= 0.3 is 0 Å². The Kier molecular flexibility index (Phi) is 8.33. The average molecular weight is 320 g/mol. The van der Waals surface area contributed by atoms with Gasteiger partial charge in [-0.3, -0.25) is 9.59 Å². The second-order valence-electron chi connectivity index (χ2n) is 5.98. The lowest BCUT2D eigenvalue weighted by molar-refractivity contribution is -0.117. The molecule has 0 fully saturated rings. The zero-order valence-corrected chi connectivity index (χ0v) is 14.3. The van der Waals surface area contributed by atoms with Crippen molar-refractivity contribution in [1.82, 2.24) is 5.32 Å². The highest BCUT2D eigenvalue weighted by Crippen LogP contribution is 2.14. The molecule has 23 heavy (non-hydrogen) atoms. The SMILES string of the molecule is CCCC(C)CC(=O)Nc1ccc(C(=O)NC(CC)CO)cc1. The number of hydrogen-bond acceptors (Lipinski definition) is 3. The maximum atomic E-state index is 12.0. The second-order valence-corrected chi connectivity index (χ2v) is 5.98. The van der Waals surface area contributed by atoms with Crippen molar-refractivity contribution in [2.45, 2.75) is 52.5 Å². The quantitative estimate of drug-likeness (QED) is 0.654. The third kappa shape index (κ3) is 6.82. The summed E-state index contributed by atoms with van der Waals surface area (Å²) in [5, 5.41) is 14.7. The van der Waals surface area contributed by atoms with E-state index in [9.17, 15) is 9.59 Å². The van der Waals surface area contributed by atoms with Crippen molar-refractivity contribution in [2.24, 2.45) is 5.92 Å². The van der Waals surface area contributed by atoms with E-state index in [-0.39, 0.29) is 24.5 Å². The molecule has 1 aromatic carbocycles. The molecule has 3 N–H and O–H groups in total. The largest absolute Gasteiger partial charge is 0.394 e. The van der Waals surface area contributed by atoms with Gasteiger partial charge in [0.2, 0.25) is 5.91 Å². The molecular weight excluding hydrogens is 292 g/mol. The summed E-state index contributed by atoms with van der Waals surface area (Å²) in [7, 11) is 0. The first-order valence-corrected chi connectivity index (χ1v) is 8.31. The van der Waals surface area contributed by atoms with Crippen LogP contribution in [0.2, 0.25) is 0 Å². The highest BCUT2D eigenvalue weighted by molar-refractivity contribution is 5.96. The summed E-state index contributed by atoms with van der Waals surface area (Å²) in [6, 6.07) is 6.55. The zero-order valence-electron chi connectivity index (χ0n) is 14.3. The average Bonchev–Trinajstić information content (AvgIpc) is 2.53. The number of aliphatic hydroxyl groups excluding tert-OH is 1. The molecule has 0 heterocycles. The molecule has 2 amide bonds. The minimum atomic E-state index is -0.234. The third-order valence-electron chi connectivity index (χ3n) is 3.79. The first kappa shape index (κ1) is 19.2. The lowest BCUT2D eigenvalue weighted by atomic mass is 10.0. The van der Waals surface area contributed by atoms with E-state index in [2.05, 4.69) is 24.5 Å². The van der Waals surface area contributed by atoms with Gasteiger partial charge in [-0.1, -0.05) is 33.6 Å². The maximum Gasteiger partial charge on any atom is 0.251 e. The van der Waals surface area contributed by atoms with Crippen molar-refractivity contribution in [1.29, 1.82) is 0 Å². The maximum absolute atomic E-state index is 12.0. The molecule has 1 aromatic rings. The summed E-state index contributed by atoms with van der Waals surface area (Å²) in [5.74, 6) is 0.143. The molecule has 0 radical (unpaired) electrons. The van der Waals surface area contributed by atoms with Crippen molar-refractivity contribution in [3.8, 4) is 0 Å². The number of rotatable bonds is 9. The molecule has 0 saturated carbocycles. The number of benzene rings is 1. The standard InChI is InChI=1S/C18H28N2O3/c1-4-6-13(3)11-17(22)19-16-9-7-14(8-10-16)18(23)20-15(5-2)12-21/h7-10,13,15,21H,4-6,11-12H2,1-3H3,(H,19,22)(H,20,23). The first-order chi connectivity index (χ1) is 11.0. The Morgan fingerprint density at radius 1 is 1.17 bits per heavy atom. The fourth-order valence-electron chi connectivity index (χ4n) is 2.37. The smallest absolute Gasteiger partial charge is 0.251 e. The summed E-state index contributed by atoms with van der Waals surface area (Å²) in [4.78, 5) is 23.9. The molecule has 0 spiro atoms. The highest BCUT2D eigenvalue weighted by Gasteiger charge is 2.12. The summed E-state index contributed by atoms with van der Waals surface area (Å²) >= 11 is 0. The molecule has 0 saturated heterocycles. The van der Waals surface area contributed by atoms with E-state index in [4.69, 9.17) is 5.11 Å². The summed E-state index contributed by atoms with van der Waals surface area (Å²) < 4.78 is 0. The Labute approximate surface area is 138 Å². The molecule has 5 heteroatoms. The number of anilines is 1. The van der Waals surface area contributed by atoms with Gasteiger partial charge in [0, 0.05) is 17.7 Å². The Morgan fingerprint density at radius 3 is 2.35 bits per heavy atom. The molecule has 0 aliphatic rings. The third-order valence-corrected chi connectivity index (χ3v) is 3.79. The van der Waals surface area contributed by atoms with Gasteiger partial charge in [0.05, 0.1) is 12.6 Å². The van der Waals surface area contributed by atoms with Gasteiger partial charge in [0.15, 0.2) is 0 Å². The Hall–Kier alpha value is -1.88. The molecule has 2 unspecified atom stereocenters. The fraction of sp³-hybridized carbons (Fsp3) is 0.556. The van der Waals surface area contributed by atoms with Crippen molar-refractivity contribution in [3.05, 3.63) is 29.8 Å². The molecule has 0 aromatic heterocycles. The number of carbonyl (C=O) groups excluding carboxylic acids is 2. The van der Waals surface area contributed by atoms with Gasteiger partial charge in [0.1, 0.15) is 0 Å². The van der Waals surface area contributed by atoms with Gasteiger partial charge in [-0.2, -0.15) is 0 Å². The van der Waals surface area contributed by atoms with E-state index in [0.29, 0.717) is 30.0 Å². The number of aliphatic hydroxyl groups is 1. The zero-order chi connectivity index (χ0) is 17.2. The van der Waals surface area contributed by atoms with Gasteiger partial charge in [-0.05, 0) is 36.6 Å². The number of hydrogen-bond donors (Lipinski definition) is 3. The Balaban J connectivity index is 2.56. The monoisotopic (exact) mass is 320 g/mol. The van der Waals surface area contributed by atoms with Crippen LogP contribution in [-0.2, 0) is 4.79 Å². The van der Waals surface area contributed by atoms with E-state index < -0.39 is 0 Å². The number of amides is 2. The summed E-state index contributed by atoms with van der Waals surface area (Å²) in [6.45, 7) is 6.01. The molecule has 5 nitrogen and oxygen atoms in total. The van der Waals surface area contributed by atoms with Crippen molar-refractivity contribution >= 4 is 17.5 Å². The van der Waals surface area contributed by atoms with Crippen molar-refractivity contribution < 1.29 is 14.7 Å². The van der Waals surface area contributed by atoms with Crippen LogP contribution in [-0.4, -0.2) is 29.6 Å². The molecule has 128 valence electrons. The van der Waals surface area contributed by atoms with Crippen LogP contribution in [0.25, 0.3) is 0 Å². The van der Waals surface area contributed by atoms with E-state index in [1.807, 2.05) is 6.92 Å². The van der Waals surface area contributed by atoms with Gasteiger partial charge in [0.25, 0.3) is 5.91 Å². The van der Waals surface area contributed by atoms with Crippen LogP contribution in [0.3, 0.4) is 0 Å². The van der Waals surface area contributed by atoms with Crippen LogP contribution in [0.15, 0.2) is 24.3 Å². The van der Waals surface area contributed by atoms with Crippen LogP contribution >= 0.6 is 0 Å². The molecule has 0 bridgehead atoms. The lowest BCUT2D eigenvalue weighted by Crippen LogP contribution is -2.36. The minimum absolute atomic E-state index is 0.00511. The number of nitrogens with one attached hydrogen (secondary N) is 2. The topological polar surface area (TPSA) is 78.4 Å². The first-order valence-electron chi connectivity index (χ1n) is 8.31. The highest BCUT2D eigenvalue weighted by atomic mass is 16.3. The van der Waals surface area contributed by atoms with Gasteiger partial charge < -0.3 is 15.7 Å². The van der Waals surface area contributed by atoms with E-state index in [1.54, 1.807) is 24.3 Å². The van der Waals surface area contributed by atoms with Crippen LogP contribution in [0, 0.1) is 5.92 Å². The predicted molar refractivity (Wildman–Crippen MR) is 92.4 cm³/mol. The van der Waals surface area contributed by atoms with Crippen LogP contribution in [0.1, 0.15) is 56.8 Å².